The van der Waals surface area contributed by atoms with E-state index in [-0.39, 0.29) is 29.0 Å². The van der Waals surface area contributed by atoms with Crippen LogP contribution in [-0.4, -0.2) is 77.7 Å². The highest BCUT2D eigenvalue weighted by atomic mass is 16.3. The molecule has 2 amide bonds. The first-order chi connectivity index (χ1) is 18.0. The molecule has 4 bridgehead atoms. The number of allylic oxidation sites excluding steroid dienone is 2. The van der Waals surface area contributed by atoms with Crippen molar-refractivity contribution in [2.45, 2.75) is 62.8 Å². The molecule has 37 heavy (non-hydrogen) atoms. The lowest BCUT2D eigenvalue weighted by atomic mass is 9.53. The van der Waals surface area contributed by atoms with Crippen molar-refractivity contribution in [3.8, 4) is 0 Å². The van der Waals surface area contributed by atoms with E-state index in [0.717, 1.165) is 56.0 Å². The minimum absolute atomic E-state index is 0.0299. The third kappa shape index (κ3) is 5.33. The van der Waals surface area contributed by atoms with Crippen LogP contribution in [0.3, 0.4) is 0 Å². The number of piperazine rings is 1. The van der Waals surface area contributed by atoms with E-state index >= 15 is 0 Å². The summed E-state index contributed by atoms with van der Waals surface area (Å²) in [4.78, 5) is 34.5. The fraction of sp³-hybridized carbons (Fsp3) is 0.633. The summed E-state index contributed by atoms with van der Waals surface area (Å²) in [5.41, 5.74) is 1.51. The van der Waals surface area contributed by atoms with Gasteiger partial charge in [0.15, 0.2) is 5.78 Å². The Hall–Kier alpha value is -2.67. The molecule has 1 atom stereocenters. The lowest BCUT2D eigenvalue weighted by Gasteiger charge is -2.57. The fourth-order valence-electron chi connectivity index (χ4n) is 8.12. The van der Waals surface area contributed by atoms with Crippen molar-refractivity contribution in [2.75, 3.05) is 39.3 Å². The predicted octanol–water partition coefficient (Wildman–Crippen LogP) is 4.31. The van der Waals surface area contributed by atoms with Crippen LogP contribution < -0.4 is 5.32 Å². The van der Waals surface area contributed by atoms with Crippen LogP contribution in [0.1, 0.15) is 62.8 Å². The summed E-state index contributed by atoms with van der Waals surface area (Å²) in [6, 6.07) is 10.0. The van der Waals surface area contributed by atoms with Gasteiger partial charge >= 0.3 is 6.03 Å². The Kier molecular flexibility index (Phi) is 6.82. The van der Waals surface area contributed by atoms with E-state index in [1.54, 1.807) is 6.21 Å². The molecule has 198 valence electrons. The zero-order valence-corrected chi connectivity index (χ0v) is 21.8. The average molecular weight is 505 g/mol. The van der Waals surface area contributed by atoms with Gasteiger partial charge in [0.25, 0.3) is 0 Å². The van der Waals surface area contributed by atoms with Crippen LogP contribution in [0, 0.1) is 17.8 Å². The molecular weight excluding hydrogens is 464 g/mol. The van der Waals surface area contributed by atoms with Crippen molar-refractivity contribution in [1.29, 1.82) is 0 Å². The lowest BCUT2D eigenvalue weighted by Crippen LogP contribution is -2.63. The zero-order chi connectivity index (χ0) is 25.4. The van der Waals surface area contributed by atoms with Crippen LogP contribution in [0.2, 0.25) is 0 Å². The molecule has 0 radical (unpaired) electrons. The number of amides is 2. The van der Waals surface area contributed by atoms with Crippen molar-refractivity contribution in [2.24, 2.45) is 22.7 Å². The Bertz CT molecular complexity index is 1040. The smallest absolute Gasteiger partial charge is 0.317 e. The summed E-state index contributed by atoms with van der Waals surface area (Å²) in [6.45, 7) is 4.53. The van der Waals surface area contributed by atoms with E-state index in [1.165, 1.54) is 38.5 Å². The van der Waals surface area contributed by atoms with Gasteiger partial charge in [-0.05, 0) is 67.8 Å². The SMILES string of the molecule is O=C1CC(c2ccccc2)CC(O)=C1C=NCCN1CCN(C(=O)NC23CC4CC(CC(C4)C2)C3)CC1. The van der Waals surface area contributed by atoms with Crippen LogP contribution in [0.15, 0.2) is 46.7 Å². The number of aliphatic imine (C=N–C) groups is 1. The summed E-state index contributed by atoms with van der Waals surface area (Å²) >= 11 is 0. The van der Waals surface area contributed by atoms with Gasteiger partial charge in [-0.2, -0.15) is 0 Å². The van der Waals surface area contributed by atoms with Gasteiger partial charge in [0.1, 0.15) is 5.76 Å². The molecule has 7 rings (SSSR count). The predicted molar refractivity (Wildman–Crippen MR) is 144 cm³/mol. The van der Waals surface area contributed by atoms with Gasteiger partial charge in [-0.3, -0.25) is 14.7 Å². The number of hydrogen-bond acceptors (Lipinski definition) is 5. The minimum atomic E-state index is -0.0417. The van der Waals surface area contributed by atoms with Gasteiger partial charge in [0.05, 0.1) is 12.1 Å². The fourth-order valence-corrected chi connectivity index (χ4v) is 8.12. The Balaban J connectivity index is 0.946. The third-order valence-electron chi connectivity index (χ3n) is 9.59. The molecule has 0 spiro atoms. The highest BCUT2D eigenvalue weighted by Crippen LogP contribution is 2.55. The molecular formula is C30H40N4O3. The second-order valence-corrected chi connectivity index (χ2v) is 12.3. The first-order valence-corrected chi connectivity index (χ1v) is 14.3. The zero-order valence-electron chi connectivity index (χ0n) is 21.8. The number of hydrogen-bond donors (Lipinski definition) is 2. The second kappa shape index (κ2) is 10.2. The second-order valence-electron chi connectivity index (χ2n) is 12.3. The number of urea groups is 1. The Morgan fingerprint density at radius 1 is 1.00 bits per heavy atom. The summed E-state index contributed by atoms with van der Waals surface area (Å²) < 4.78 is 0. The highest BCUT2D eigenvalue weighted by molar-refractivity contribution is 6.14. The van der Waals surface area contributed by atoms with Crippen LogP contribution in [0.25, 0.3) is 0 Å². The van der Waals surface area contributed by atoms with Crippen molar-refractivity contribution in [3.63, 3.8) is 0 Å². The standard InChI is InChI=1S/C30H40N4O3/c35-27-15-25(24-4-2-1-3-5-24)16-28(36)26(27)20-31-6-7-33-8-10-34(11-9-33)29(37)32-30-17-21-12-22(18-30)14-23(13-21)19-30/h1-5,20-23,25,35H,6-19H2,(H,32,37). The maximum atomic E-state index is 13.1. The molecule has 6 aliphatic rings. The molecule has 1 aromatic rings. The minimum Gasteiger partial charge on any atom is -0.511 e. The molecule has 1 unspecified atom stereocenters. The van der Waals surface area contributed by atoms with E-state index in [2.05, 4.69) is 15.2 Å². The molecule has 2 N–H and O–H groups in total. The topological polar surface area (TPSA) is 85.2 Å². The van der Waals surface area contributed by atoms with Gasteiger partial charge in [-0.1, -0.05) is 30.3 Å². The number of aliphatic hydroxyl groups is 1. The molecule has 7 heteroatoms. The highest BCUT2D eigenvalue weighted by Gasteiger charge is 2.51. The van der Waals surface area contributed by atoms with Gasteiger partial charge < -0.3 is 15.3 Å². The van der Waals surface area contributed by atoms with Crippen molar-refractivity contribution >= 4 is 18.0 Å². The van der Waals surface area contributed by atoms with Crippen molar-refractivity contribution in [3.05, 3.63) is 47.2 Å². The number of carbonyl (C=O) groups excluding carboxylic acids is 2. The average Bonchev–Trinajstić information content (AvgIpc) is 2.87. The van der Waals surface area contributed by atoms with E-state index < -0.39 is 0 Å². The van der Waals surface area contributed by atoms with E-state index in [0.29, 0.717) is 25.0 Å². The van der Waals surface area contributed by atoms with Crippen LogP contribution in [0.5, 0.6) is 0 Å². The number of nitrogens with zero attached hydrogens (tertiary/aromatic N) is 3. The molecule has 1 aromatic carbocycles. The van der Waals surface area contributed by atoms with Gasteiger partial charge in [0, 0.05) is 57.3 Å². The number of carbonyl (C=O) groups is 2. The van der Waals surface area contributed by atoms with Crippen molar-refractivity contribution in [1.82, 2.24) is 15.1 Å². The largest absolute Gasteiger partial charge is 0.511 e. The molecule has 5 fully saturated rings. The Morgan fingerprint density at radius 2 is 1.65 bits per heavy atom. The molecule has 5 aliphatic carbocycles. The first kappa shape index (κ1) is 24.7. The molecule has 4 saturated carbocycles. The van der Waals surface area contributed by atoms with Gasteiger partial charge in [-0.15, -0.1) is 0 Å². The maximum Gasteiger partial charge on any atom is 0.317 e. The maximum absolute atomic E-state index is 13.1. The molecule has 1 heterocycles. The number of Topliss-reactive ketones (excluding diaryl/α,β-unsaturated/α-hetero) is 1. The van der Waals surface area contributed by atoms with E-state index in [9.17, 15) is 14.7 Å². The molecule has 7 nitrogen and oxygen atoms in total. The number of aliphatic hydroxyl groups excluding tert-OH is 1. The van der Waals surface area contributed by atoms with Crippen LogP contribution in [0.4, 0.5) is 4.79 Å². The third-order valence-corrected chi connectivity index (χ3v) is 9.59. The lowest BCUT2D eigenvalue weighted by molar-refractivity contribution is -0.116. The Morgan fingerprint density at radius 3 is 2.27 bits per heavy atom. The summed E-state index contributed by atoms with van der Waals surface area (Å²) in [7, 11) is 0. The number of nitrogens with one attached hydrogen (secondary N) is 1. The number of benzene rings is 1. The van der Waals surface area contributed by atoms with Crippen LogP contribution >= 0.6 is 0 Å². The monoisotopic (exact) mass is 504 g/mol. The van der Waals surface area contributed by atoms with Crippen molar-refractivity contribution < 1.29 is 14.7 Å². The summed E-state index contributed by atoms with van der Waals surface area (Å²) in [5, 5.41) is 14.0. The molecule has 0 aromatic heterocycles. The van der Waals surface area contributed by atoms with E-state index in [4.69, 9.17) is 0 Å². The quantitative estimate of drug-likeness (QED) is 0.566. The van der Waals surface area contributed by atoms with Gasteiger partial charge in [0.2, 0.25) is 0 Å². The summed E-state index contributed by atoms with van der Waals surface area (Å²) in [5.74, 6) is 2.62. The number of rotatable bonds is 6. The summed E-state index contributed by atoms with van der Waals surface area (Å²) in [6.07, 6.45) is 10.2. The molecule has 1 saturated heterocycles. The van der Waals surface area contributed by atoms with Crippen LogP contribution in [-0.2, 0) is 4.79 Å². The van der Waals surface area contributed by atoms with E-state index in [1.807, 2.05) is 35.2 Å². The normalized spacial score (nSPS) is 33.9. The van der Waals surface area contributed by atoms with Gasteiger partial charge in [-0.25, -0.2) is 4.79 Å². The molecule has 1 aliphatic heterocycles. The first-order valence-electron chi connectivity index (χ1n) is 14.3. The Labute approximate surface area is 220 Å². The number of ketones is 1.